The van der Waals surface area contributed by atoms with E-state index in [1.807, 2.05) is 20.8 Å². The molecule has 0 heterocycles. The molecule has 4 nitrogen and oxygen atoms in total. The zero-order valence-electron chi connectivity index (χ0n) is 11.9. The van der Waals surface area contributed by atoms with E-state index in [2.05, 4.69) is 12.2 Å². The molecule has 0 radical (unpaired) electrons. The second-order valence-electron chi connectivity index (χ2n) is 6.86. The zero-order chi connectivity index (χ0) is 14.0. The Kier molecular flexibility index (Phi) is 4.41. The van der Waals surface area contributed by atoms with Gasteiger partial charge in [0.15, 0.2) is 0 Å². The van der Waals surface area contributed by atoms with Crippen LogP contribution in [-0.4, -0.2) is 22.5 Å². The lowest BCUT2D eigenvalue weighted by Gasteiger charge is -2.37. The fourth-order valence-electron chi connectivity index (χ4n) is 2.44. The van der Waals surface area contributed by atoms with Crippen molar-refractivity contribution >= 4 is 11.9 Å². The molecule has 0 unspecified atom stereocenters. The summed E-state index contributed by atoms with van der Waals surface area (Å²) in [5, 5.41) is 12.2. The Bertz CT molecular complexity index is 322. The van der Waals surface area contributed by atoms with Gasteiger partial charge in [-0.25, -0.2) is 4.79 Å². The molecule has 0 aliphatic heterocycles. The van der Waals surface area contributed by atoms with E-state index in [1.54, 1.807) is 0 Å². The molecule has 1 fully saturated rings. The molecular weight excluding hydrogens is 230 g/mol. The van der Waals surface area contributed by atoms with Gasteiger partial charge in [-0.15, -0.1) is 0 Å². The largest absolute Gasteiger partial charge is 0.480 e. The van der Waals surface area contributed by atoms with Crippen LogP contribution in [0.2, 0.25) is 0 Å². The highest BCUT2D eigenvalue weighted by molar-refractivity contribution is 5.87. The first-order valence-electron chi connectivity index (χ1n) is 6.69. The highest BCUT2D eigenvalue weighted by Crippen LogP contribution is 2.32. The Morgan fingerprint density at radius 1 is 1.28 bits per heavy atom. The van der Waals surface area contributed by atoms with Gasteiger partial charge in [0.2, 0.25) is 5.91 Å². The lowest BCUT2D eigenvalue weighted by Crippen LogP contribution is -2.56. The molecule has 1 saturated carbocycles. The molecule has 0 saturated heterocycles. The normalized spacial score (nSPS) is 28.8. The first kappa shape index (κ1) is 15.0. The first-order valence-corrected chi connectivity index (χ1v) is 6.69. The van der Waals surface area contributed by atoms with Gasteiger partial charge < -0.3 is 10.4 Å². The molecule has 18 heavy (non-hydrogen) atoms. The molecule has 104 valence electrons. The van der Waals surface area contributed by atoms with Gasteiger partial charge in [-0.1, -0.05) is 27.7 Å². The number of carboxylic acid groups (broad SMARTS) is 1. The average Bonchev–Trinajstić information content (AvgIpc) is 2.18. The minimum atomic E-state index is -1.03. The zero-order valence-corrected chi connectivity index (χ0v) is 11.9. The molecule has 0 atom stereocenters. The maximum atomic E-state index is 11.9. The van der Waals surface area contributed by atoms with Gasteiger partial charge in [-0.05, 0) is 37.0 Å². The van der Waals surface area contributed by atoms with Crippen molar-refractivity contribution in [3.63, 3.8) is 0 Å². The van der Waals surface area contributed by atoms with E-state index in [0.717, 1.165) is 12.8 Å². The van der Waals surface area contributed by atoms with Crippen molar-refractivity contribution in [2.75, 3.05) is 0 Å². The van der Waals surface area contributed by atoms with Crippen LogP contribution in [0.3, 0.4) is 0 Å². The summed E-state index contributed by atoms with van der Waals surface area (Å²) in [6.45, 7) is 8.05. The van der Waals surface area contributed by atoms with Gasteiger partial charge in [-0.2, -0.15) is 0 Å². The summed E-state index contributed by atoms with van der Waals surface area (Å²) in [6, 6.07) is 0. The van der Waals surface area contributed by atoms with E-state index >= 15 is 0 Å². The van der Waals surface area contributed by atoms with Crippen molar-refractivity contribution in [1.82, 2.24) is 5.32 Å². The van der Waals surface area contributed by atoms with Gasteiger partial charge in [0.1, 0.15) is 5.54 Å². The molecule has 1 amide bonds. The molecule has 1 rings (SSSR count). The summed E-state index contributed by atoms with van der Waals surface area (Å²) in [4.78, 5) is 23.4. The van der Waals surface area contributed by atoms with Gasteiger partial charge in [-0.3, -0.25) is 4.79 Å². The SMILES string of the molecule is CC1CCC(NC(=O)CC(C)(C)C)(C(=O)O)CC1. The van der Waals surface area contributed by atoms with Crippen LogP contribution in [0.4, 0.5) is 0 Å². The number of rotatable bonds is 3. The fourth-order valence-corrected chi connectivity index (χ4v) is 2.44. The van der Waals surface area contributed by atoms with Crippen molar-refractivity contribution in [1.29, 1.82) is 0 Å². The van der Waals surface area contributed by atoms with Crippen molar-refractivity contribution < 1.29 is 14.7 Å². The predicted octanol–water partition coefficient (Wildman–Crippen LogP) is 2.57. The van der Waals surface area contributed by atoms with Gasteiger partial charge >= 0.3 is 5.97 Å². The molecule has 1 aliphatic carbocycles. The van der Waals surface area contributed by atoms with Crippen LogP contribution in [0.5, 0.6) is 0 Å². The number of hydrogen-bond acceptors (Lipinski definition) is 2. The lowest BCUT2D eigenvalue weighted by atomic mass is 9.76. The van der Waals surface area contributed by atoms with E-state index in [-0.39, 0.29) is 11.3 Å². The number of hydrogen-bond donors (Lipinski definition) is 2. The quantitative estimate of drug-likeness (QED) is 0.814. The van der Waals surface area contributed by atoms with Gasteiger partial charge in [0, 0.05) is 6.42 Å². The lowest BCUT2D eigenvalue weighted by molar-refractivity contribution is -0.150. The second kappa shape index (κ2) is 5.29. The van der Waals surface area contributed by atoms with Crippen molar-refractivity contribution in [3.05, 3.63) is 0 Å². The number of carbonyl (C=O) groups excluding carboxylic acids is 1. The molecular formula is C14H25NO3. The second-order valence-corrected chi connectivity index (χ2v) is 6.86. The van der Waals surface area contributed by atoms with E-state index < -0.39 is 11.5 Å². The molecule has 2 N–H and O–H groups in total. The fraction of sp³-hybridized carbons (Fsp3) is 0.857. The number of aliphatic carboxylic acids is 1. The summed E-state index contributed by atoms with van der Waals surface area (Å²) < 4.78 is 0. The van der Waals surface area contributed by atoms with E-state index in [4.69, 9.17) is 0 Å². The smallest absolute Gasteiger partial charge is 0.329 e. The summed E-state index contributed by atoms with van der Waals surface area (Å²) in [6.07, 6.45) is 3.17. The topological polar surface area (TPSA) is 66.4 Å². The van der Waals surface area contributed by atoms with Crippen molar-refractivity contribution in [2.24, 2.45) is 11.3 Å². The van der Waals surface area contributed by atoms with Crippen LogP contribution in [0.15, 0.2) is 0 Å². The first-order chi connectivity index (χ1) is 8.15. The highest BCUT2D eigenvalue weighted by atomic mass is 16.4. The van der Waals surface area contributed by atoms with E-state index in [0.29, 0.717) is 25.2 Å². The number of carbonyl (C=O) groups is 2. The minimum absolute atomic E-state index is 0.119. The van der Waals surface area contributed by atoms with E-state index in [1.165, 1.54) is 0 Å². The Morgan fingerprint density at radius 3 is 2.17 bits per heavy atom. The minimum Gasteiger partial charge on any atom is -0.480 e. The maximum absolute atomic E-state index is 11.9. The molecule has 0 aromatic carbocycles. The van der Waals surface area contributed by atoms with Crippen LogP contribution in [0, 0.1) is 11.3 Å². The van der Waals surface area contributed by atoms with Crippen LogP contribution >= 0.6 is 0 Å². The Labute approximate surface area is 109 Å². The molecule has 1 aliphatic rings. The van der Waals surface area contributed by atoms with Crippen LogP contribution in [0.25, 0.3) is 0 Å². The molecule has 0 aromatic heterocycles. The van der Waals surface area contributed by atoms with Crippen molar-refractivity contribution in [2.45, 2.75) is 65.3 Å². The Hall–Kier alpha value is -1.06. The predicted molar refractivity (Wildman–Crippen MR) is 70.2 cm³/mol. The standard InChI is InChI=1S/C14H25NO3/c1-10-5-7-14(8-6-10,12(17)18)15-11(16)9-13(2,3)4/h10H,5-9H2,1-4H3,(H,15,16)(H,17,18). The number of amides is 1. The Morgan fingerprint density at radius 2 is 1.78 bits per heavy atom. The van der Waals surface area contributed by atoms with Crippen LogP contribution in [0.1, 0.15) is 59.8 Å². The maximum Gasteiger partial charge on any atom is 0.329 e. The molecule has 0 aromatic rings. The third-order valence-electron chi connectivity index (χ3n) is 3.61. The van der Waals surface area contributed by atoms with Crippen LogP contribution in [-0.2, 0) is 9.59 Å². The van der Waals surface area contributed by atoms with Gasteiger partial charge in [0.05, 0.1) is 0 Å². The third kappa shape index (κ3) is 4.00. The molecule has 0 spiro atoms. The summed E-state index contributed by atoms with van der Waals surface area (Å²) >= 11 is 0. The average molecular weight is 255 g/mol. The summed E-state index contributed by atoms with van der Waals surface area (Å²) in [7, 11) is 0. The number of carboxylic acids is 1. The molecule has 0 bridgehead atoms. The van der Waals surface area contributed by atoms with Gasteiger partial charge in [0.25, 0.3) is 0 Å². The Balaban J connectivity index is 2.70. The van der Waals surface area contributed by atoms with Crippen LogP contribution < -0.4 is 5.32 Å². The van der Waals surface area contributed by atoms with Crippen molar-refractivity contribution in [3.8, 4) is 0 Å². The van der Waals surface area contributed by atoms with E-state index in [9.17, 15) is 14.7 Å². The third-order valence-corrected chi connectivity index (χ3v) is 3.61. The summed E-state index contributed by atoms with van der Waals surface area (Å²) in [5.41, 5.74) is -1.15. The number of nitrogens with one attached hydrogen (secondary N) is 1. The monoisotopic (exact) mass is 255 g/mol. The summed E-state index contributed by atoms with van der Waals surface area (Å²) in [5.74, 6) is -0.492. The molecule has 4 heteroatoms. The highest BCUT2D eigenvalue weighted by Gasteiger charge is 2.42.